The summed E-state index contributed by atoms with van der Waals surface area (Å²) < 4.78 is 17.3. The summed E-state index contributed by atoms with van der Waals surface area (Å²) in [5.74, 6) is 2.05. The molecule has 0 aliphatic carbocycles. The van der Waals surface area contributed by atoms with Crippen LogP contribution >= 0.6 is 0 Å². The van der Waals surface area contributed by atoms with Gasteiger partial charge in [-0.1, -0.05) is 6.07 Å². The number of nitrogens with zero attached hydrogens (tertiary/aromatic N) is 2. The summed E-state index contributed by atoms with van der Waals surface area (Å²) in [6.45, 7) is 2.87. The van der Waals surface area contributed by atoms with Crippen LogP contribution in [0.2, 0.25) is 0 Å². The normalized spacial score (nSPS) is 19.1. The van der Waals surface area contributed by atoms with E-state index in [4.69, 9.17) is 19.9 Å². The molecule has 1 aromatic heterocycles. The number of hydrogen-bond acceptors (Lipinski definition) is 7. The van der Waals surface area contributed by atoms with E-state index in [1.165, 1.54) is 0 Å². The van der Waals surface area contributed by atoms with Crippen molar-refractivity contribution in [1.29, 1.82) is 0 Å². The topological polar surface area (TPSA) is 98.9 Å². The van der Waals surface area contributed by atoms with Crippen molar-refractivity contribution in [3.8, 4) is 28.6 Å². The third kappa shape index (κ3) is 4.91. The summed E-state index contributed by atoms with van der Waals surface area (Å²) in [6.07, 6.45) is 2.40. The van der Waals surface area contributed by atoms with Gasteiger partial charge < -0.3 is 30.2 Å². The maximum absolute atomic E-state index is 12.6. The molecular weight excluding hydrogens is 396 g/mol. The van der Waals surface area contributed by atoms with Gasteiger partial charge in [-0.15, -0.1) is 0 Å². The third-order valence-corrected chi connectivity index (χ3v) is 5.87. The van der Waals surface area contributed by atoms with E-state index >= 15 is 0 Å². The van der Waals surface area contributed by atoms with Crippen molar-refractivity contribution in [2.24, 2.45) is 11.7 Å². The van der Waals surface area contributed by atoms with Crippen LogP contribution < -0.4 is 25.3 Å². The Bertz CT molecular complexity index is 928. The minimum absolute atomic E-state index is 0.0120. The van der Waals surface area contributed by atoms with E-state index < -0.39 is 0 Å². The maximum Gasteiger partial charge on any atom is 0.238 e. The van der Waals surface area contributed by atoms with Crippen LogP contribution in [0, 0.1) is 5.92 Å². The highest BCUT2D eigenvalue weighted by atomic mass is 16.6. The smallest absolute Gasteiger partial charge is 0.238 e. The molecule has 0 bridgehead atoms. The lowest BCUT2D eigenvalue weighted by Gasteiger charge is -2.28. The fraction of sp³-hybridized carbons (Fsp3) is 0.478. The molecule has 0 saturated carbocycles. The Labute approximate surface area is 182 Å². The first-order valence-corrected chi connectivity index (χ1v) is 10.7. The number of nitrogens with one attached hydrogen (secondary N) is 1. The lowest BCUT2D eigenvalue weighted by Crippen LogP contribution is -2.35. The van der Waals surface area contributed by atoms with Crippen LogP contribution in [0.3, 0.4) is 0 Å². The van der Waals surface area contributed by atoms with Crippen LogP contribution in [-0.2, 0) is 4.79 Å². The SMILES string of the molecule is COc1nc(-c2cccc3c2OC(CN)CO3)ccc1NC(=O)CC1CCN(C)CC1. The van der Waals surface area contributed by atoms with Crippen molar-refractivity contribution in [1.82, 2.24) is 9.88 Å². The van der Waals surface area contributed by atoms with E-state index in [2.05, 4.69) is 22.2 Å². The molecule has 1 aromatic carbocycles. The van der Waals surface area contributed by atoms with E-state index in [-0.39, 0.29) is 12.0 Å². The Morgan fingerprint density at radius 3 is 2.84 bits per heavy atom. The highest BCUT2D eigenvalue weighted by Crippen LogP contribution is 2.41. The predicted molar refractivity (Wildman–Crippen MR) is 119 cm³/mol. The second-order valence-electron chi connectivity index (χ2n) is 8.17. The van der Waals surface area contributed by atoms with Crippen LogP contribution in [-0.4, -0.2) is 62.3 Å². The molecular formula is C23H30N4O4. The zero-order valence-electron chi connectivity index (χ0n) is 18.1. The van der Waals surface area contributed by atoms with Crippen molar-refractivity contribution >= 4 is 11.6 Å². The number of anilines is 1. The number of fused-ring (bicyclic) bond motifs is 1. The Hall–Kier alpha value is -2.84. The largest absolute Gasteiger partial charge is 0.486 e. The number of methoxy groups -OCH3 is 1. The van der Waals surface area contributed by atoms with Crippen molar-refractivity contribution in [3.05, 3.63) is 30.3 Å². The number of piperidine rings is 1. The average molecular weight is 427 g/mol. The van der Waals surface area contributed by atoms with Gasteiger partial charge in [-0.3, -0.25) is 4.79 Å². The van der Waals surface area contributed by atoms with E-state index in [1.807, 2.05) is 30.3 Å². The zero-order valence-corrected chi connectivity index (χ0v) is 18.1. The van der Waals surface area contributed by atoms with Crippen LogP contribution in [0.5, 0.6) is 17.4 Å². The predicted octanol–water partition coefficient (Wildman–Crippen LogP) is 2.53. The summed E-state index contributed by atoms with van der Waals surface area (Å²) in [7, 11) is 3.66. The molecule has 1 amide bonds. The number of rotatable bonds is 6. The van der Waals surface area contributed by atoms with Crippen LogP contribution in [0.25, 0.3) is 11.3 Å². The number of carbonyl (C=O) groups is 1. The maximum atomic E-state index is 12.6. The highest BCUT2D eigenvalue weighted by Gasteiger charge is 2.25. The molecule has 2 aliphatic heterocycles. The molecule has 1 atom stereocenters. The quantitative estimate of drug-likeness (QED) is 0.732. The number of carbonyl (C=O) groups excluding carboxylic acids is 1. The van der Waals surface area contributed by atoms with Gasteiger partial charge in [0.15, 0.2) is 11.5 Å². The van der Waals surface area contributed by atoms with Gasteiger partial charge in [-0.2, -0.15) is 0 Å². The summed E-state index contributed by atoms with van der Waals surface area (Å²) in [5, 5.41) is 2.96. The van der Waals surface area contributed by atoms with Gasteiger partial charge in [0.1, 0.15) is 18.4 Å². The molecule has 166 valence electrons. The first kappa shape index (κ1) is 21.4. The molecule has 3 N–H and O–H groups in total. The Kier molecular flexibility index (Phi) is 6.58. The van der Waals surface area contributed by atoms with Crippen LogP contribution in [0.15, 0.2) is 30.3 Å². The van der Waals surface area contributed by atoms with Crippen molar-refractivity contribution in [2.45, 2.75) is 25.4 Å². The number of likely N-dealkylation sites (tertiary alicyclic amines) is 1. The number of hydrogen-bond donors (Lipinski definition) is 2. The van der Waals surface area contributed by atoms with Gasteiger partial charge in [0.05, 0.1) is 12.8 Å². The zero-order chi connectivity index (χ0) is 21.8. The second-order valence-corrected chi connectivity index (χ2v) is 8.17. The highest BCUT2D eigenvalue weighted by molar-refractivity contribution is 5.92. The molecule has 3 heterocycles. The summed E-state index contributed by atoms with van der Waals surface area (Å²) in [6, 6.07) is 9.34. The molecule has 2 aliphatic rings. The lowest BCUT2D eigenvalue weighted by atomic mass is 9.93. The minimum atomic E-state index is -0.200. The van der Waals surface area contributed by atoms with E-state index in [0.29, 0.717) is 54.3 Å². The number of benzene rings is 1. The monoisotopic (exact) mass is 426 g/mol. The Balaban J connectivity index is 1.51. The van der Waals surface area contributed by atoms with Gasteiger partial charge in [0.25, 0.3) is 0 Å². The third-order valence-electron chi connectivity index (χ3n) is 5.87. The summed E-state index contributed by atoms with van der Waals surface area (Å²) in [5.41, 5.74) is 7.77. The van der Waals surface area contributed by atoms with Gasteiger partial charge in [-0.05, 0) is 63.2 Å². The van der Waals surface area contributed by atoms with Crippen molar-refractivity contribution in [2.75, 3.05) is 45.7 Å². The number of ether oxygens (including phenoxy) is 3. The lowest BCUT2D eigenvalue weighted by molar-refractivity contribution is -0.117. The van der Waals surface area contributed by atoms with Gasteiger partial charge in [-0.25, -0.2) is 4.98 Å². The first-order chi connectivity index (χ1) is 15.1. The second kappa shape index (κ2) is 9.53. The van der Waals surface area contributed by atoms with E-state index in [1.54, 1.807) is 7.11 Å². The number of pyridine rings is 1. The fourth-order valence-electron chi connectivity index (χ4n) is 4.02. The molecule has 1 fully saturated rings. The Morgan fingerprint density at radius 2 is 2.10 bits per heavy atom. The first-order valence-electron chi connectivity index (χ1n) is 10.7. The van der Waals surface area contributed by atoms with E-state index in [9.17, 15) is 4.79 Å². The molecule has 8 heteroatoms. The standard InChI is InChI=1S/C23H30N4O4/c1-27-10-8-15(9-11-27)12-21(28)25-19-7-6-18(26-23(19)29-2)17-4-3-5-20-22(17)31-16(13-24)14-30-20/h3-7,15-16H,8-14,24H2,1-2H3,(H,25,28). The molecule has 1 unspecified atom stereocenters. The van der Waals surface area contributed by atoms with Gasteiger partial charge in [0.2, 0.25) is 11.8 Å². The molecule has 0 spiro atoms. The average Bonchev–Trinajstić information content (AvgIpc) is 2.80. The molecule has 1 saturated heterocycles. The minimum Gasteiger partial charge on any atom is -0.486 e. The van der Waals surface area contributed by atoms with Crippen molar-refractivity contribution in [3.63, 3.8) is 0 Å². The molecule has 8 nitrogen and oxygen atoms in total. The summed E-state index contributed by atoms with van der Waals surface area (Å²) >= 11 is 0. The van der Waals surface area contributed by atoms with Gasteiger partial charge >= 0.3 is 0 Å². The van der Waals surface area contributed by atoms with Gasteiger partial charge in [0, 0.05) is 18.5 Å². The number of nitrogens with two attached hydrogens (primary N) is 1. The summed E-state index contributed by atoms with van der Waals surface area (Å²) in [4.78, 5) is 19.5. The fourth-order valence-corrected chi connectivity index (χ4v) is 4.02. The van der Waals surface area contributed by atoms with E-state index in [0.717, 1.165) is 31.5 Å². The number of aromatic nitrogens is 1. The van der Waals surface area contributed by atoms with Crippen LogP contribution in [0.4, 0.5) is 5.69 Å². The molecule has 2 aromatic rings. The van der Waals surface area contributed by atoms with Crippen LogP contribution in [0.1, 0.15) is 19.3 Å². The van der Waals surface area contributed by atoms with Crippen molar-refractivity contribution < 1.29 is 19.0 Å². The Morgan fingerprint density at radius 1 is 1.29 bits per heavy atom. The molecule has 0 radical (unpaired) electrons. The molecule has 4 rings (SSSR count). The molecule has 31 heavy (non-hydrogen) atoms. The number of para-hydroxylation sites is 1. The number of amides is 1.